The topological polar surface area (TPSA) is 52.3 Å². The number of aldehydes is 1. The summed E-state index contributed by atoms with van der Waals surface area (Å²) in [4.78, 5) is 13.8. The van der Waals surface area contributed by atoms with Crippen molar-refractivity contribution in [1.82, 2.24) is 0 Å². The normalized spacial score (nSPS) is 8.71. The molecule has 0 aromatic rings. The molecule has 0 aromatic heterocycles. The van der Waals surface area contributed by atoms with Crippen molar-refractivity contribution in [3.63, 3.8) is 0 Å². The van der Waals surface area contributed by atoms with E-state index in [9.17, 15) is 4.79 Å². The van der Waals surface area contributed by atoms with Crippen LogP contribution in [0.25, 0.3) is 0 Å². The number of rotatable bonds is 4. The predicted octanol–water partition coefficient (Wildman–Crippen LogP) is -0.144. The SMILES string of the molecule is NOCCCC=O. The summed E-state index contributed by atoms with van der Waals surface area (Å²) in [5, 5.41) is 0. The molecule has 7 heavy (non-hydrogen) atoms. The lowest BCUT2D eigenvalue weighted by molar-refractivity contribution is -0.108. The Bertz CT molecular complexity index is 47.0. The first-order chi connectivity index (χ1) is 3.41. The highest BCUT2D eigenvalue weighted by Gasteiger charge is 1.80. The van der Waals surface area contributed by atoms with Crippen LogP contribution >= 0.6 is 0 Å². The van der Waals surface area contributed by atoms with Crippen LogP contribution in [-0.4, -0.2) is 12.9 Å². The van der Waals surface area contributed by atoms with Gasteiger partial charge in [0.05, 0.1) is 6.61 Å². The van der Waals surface area contributed by atoms with Crippen LogP contribution in [-0.2, 0) is 9.63 Å². The Hall–Kier alpha value is -0.410. The van der Waals surface area contributed by atoms with Crippen LogP contribution in [0.5, 0.6) is 0 Å². The molecular weight excluding hydrogens is 94.0 g/mol. The summed E-state index contributed by atoms with van der Waals surface area (Å²) in [7, 11) is 0. The van der Waals surface area contributed by atoms with Gasteiger partial charge in [0.15, 0.2) is 0 Å². The van der Waals surface area contributed by atoms with Gasteiger partial charge in [0.1, 0.15) is 6.29 Å². The lowest BCUT2D eigenvalue weighted by Crippen LogP contribution is -2.00. The van der Waals surface area contributed by atoms with Gasteiger partial charge in [-0.15, -0.1) is 0 Å². The zero-order valence-electron chi connectivity index (χ0n) is 4.09. The lowest BCUT2D eigenvalue weighted by Gasteiger charge is -1.88. The van der Waals surface area contributed by atoms with E-state index in [0.29, 0.717) is 13.0 Å². The first-order valence-corrected chi connectivity index (χ1v) is 2.17. The van der Waals surface area contributed by atoms with Gasteiger partial charge in [0.25, 0.3) is 0 Å². The van der Waals surface area contributed by atoms with E-state index >= 15 is 0 Å². The first kappa shape index (κ1) is 6.59. The summed E-state index contributed by atoms with van der Waals surface area (Å²) in [6.07, 6.45) is 2.11. The summed E-state index contributed by atoms with van der Waals surface area (Å²) in [5.74, 6) is 4.65. The van der Waals surface area contributed by atoms with Crippen molar-refractivity contribution in [2.75, 3.05) is 6.61 Å². The molecule has 0 fully saturated rings. The van der Waals surface area contributed by atoms with Crippen molar-refractivity contribution in [2.24, 2.45) is 5.90 Å². The molecule has 3 nitrogen and oxygen atoms in total. The fourth-order valence-electron chi connectivity index (χ4n) is 0.250. The second kappa shape index (κ2) is 5.59. The number of carbonyl (C=O) groups excluding carboxylic acids is 1. The van der Waals surface area contributed by atoms with Crippen LogP contribution in [0.3, 0.4) is 0 Å². The fourth-order valence-corrected chi connectivity index (χ4v) is 0.250. The number of unbranched alkanes of at least 4 members (excludes halogenated alkanes) is 1. The molecule has 0 atom stereocenters. The third-order valence-electron chi connectivity index (χ3n) is 0.584. The summed E-state index contributed by atoms with van der Waals surface area (Å²) >= 11 is 0. The Balaban J connectivity index is 2.56. The highest BCUT2D eigenvalue weighted by atomic mass is 16.6. The zero-order valence-corrected chi connectivity index (χ0v) is 4.09. The molecule has 0 amide bonds. The van der Waals surface area contributed by atoms with Gasteiger partial charge < -0.3 is 9.63 Å². The number of carbonyl (C=O) groups is 1. The van der Waals surface area contributed by atoms with Gasteiger partial charge in [-0.05, 0) is 6.42 Å². The zero-order chi connectivity index (χ0) is 5.54. The predicted molar refractivity (Wildman–Crippen MR) is 25.4 cm³/mol. The molecule has 0 aliphatic carbocycles. The molecule has 0 saturated carbocycles. The third-order valence-corrected chi connectivity index (χ3v) is 0.584. The smallest absolute Gasteiger partial charge is 0.120 e. The maximum Gasteiger partial charge on any atom is 0.120 e. The average Bonchev–Trinajstić information content (AvgIpc) is 1.69. The molecule has 2 N–H and O–H groups in total. The van der Waals surface area contributed by atoms with Crippen molar-refractivity contribution in [3.8, 4) is 0 Å². The average molecular weight is 103 g/mol. The van der Waals surface area contributed by atoms with E-state index in [1.54, 1.807) is 0 Å². The minimum absolute atomic E-state index is 0.471. The van der Waals surface area contributed by atoms with E-state index in [1.807, 2.05) is 0 Å². The van der Waals surface area contributed by atoms with E-state index in [2.05, 4.69) is 10.7 Å². The maximum atomic E-state index is 9.58. The quantitative estimate of drug-likeness (QED) is 0.306. The first-order valence-electron chi connectivity index (χ1n) is 2.17. The van der Waals surface area contributed by atoms with Crippen molar-refractivity contribution in [2.45, 2.75) is 12.8 Å². The molecule has 0 bridgehead atoms. The largest absolute Gasteiger partial charge is 0.305 e. The van der Waals surface area contributed by atoms with Gasteiger partial charge in [-0.25, -0.2) is 5.90 Å². The second-order valence-electron chi connectivity index (χ2n) is 1.18. The van der Waals surface area contributed by atoms with Crippen LogP contribution in [0.15, 0.2) is 0 Å². The molecule has 0 aliphatic rings. The summed E-state index contributed by atoms with van der Waals surface area (Å²) in [6.45, 7) is 0.471. The van der Waals surface area contributed by atoms with E-state index in [4.69, 9.17) is 0 Å². The van der Waals surface area contributed by atoms with Crippen molar-refractivity contribution in [3.05, 3.63) is 0 Å². The minimum atomic E-state index is 0.471. The molecule has 0 heterocycles. The Morgan fingerprint density at radius 1 is 1.71 bits per heavy atom. The van der Waals surface area contributed by atoms with Crippen molar-refractivity contribution >= 4 is 6.29 Å². The maximum absolute atomic E-state index is 9.58. The minimum Gasteiger partial charge on any atom is -0.305 e. The highest BCUT2D eigenvalue weighted by molar-refractivity contribution is 5.48. The second-order valence-corrected chi connectivity index (χ2v) is 1.18. The van der Waals surface area contributed by atoms with E-state index < -0.39 is 0 Å². The third kappa shape index (κ3) is 5.59. The summed E-state index contributed by atoms with van der Waals surface area (Å²) in [5.41, 5.74) is 0. The van der Waals surface area contributed by atoms with Gasteiger partial charge in [-0.1, -0.05) is 0 Å². The van der Waals surface area contributed by atoms with E-state index in [0.717, 1.165) is 12.7 Å². The van der Waals surface area contributed by atoms with E-state index in [-0.39, 0.29) is 0 Å². The van der Waals surface area contributed by atoms with Crippen molar-refractivity contribution in [1.29, 1.82) is 0 Å². The Morgan fingerprint density at radius 2 is 2.43 bits per heavy atom. The van der Waals surface area contributed by atoms with Crippen LogP contribution in [0.4, 0.5) is 0 Å². The Labute approximate surface area is 42.4 Å². The Kier molecular flexibility index (Phi) is 5.26. The Morgan fingerprint density at radius 3 is 2.86 bits per heavy atom. The monoisotopic (exact) mass is 103 g/mol. The fraction of sp³-hybridized carbons (Fsp3) is 0.750. The standard InChI is InChI=1S/C4H9NO2/c5-7-4-2-1-3-6/h3H,1-2,4-5H2. The van der Waals surface area contributed by atoms with E-state index in [1.165, 1.54) is 0 Å². The lowest BCUT2D eigenvalue weighted by atomic mass is 10.4. The molecule has 42 valence electrons. The van der Waals surface area contributed by atoms with Gasteiger partial charge in [-0.2, -0.15) is 0 Å². The molecule has 0 rings (SSSR count). The van der Waals surface area contributed by atoms with Gasteiger partial charge in [0, 0.05) is 6.42 Å². The molecule has 3 heteroatoms. The van der Waals surface area contributed by atoms with Gasteiger partial charge in [-0.3, -0.25) is 0 Å². The number of nitrogens with two attached hydrogens (primary N) is 1. The molecular formula is C4H9NO2. The number of hydrogen-bond donors (Lipinski definition) is 1. The summed E-state index contributed by atoms with van der Waals surface area (Å²) in [6, 6.07) is 0. The molecule has 0 saturated heterocycles. The summed E-state index contributed by atoms with van der Waals surface area (Å²) < 4.78 is 0. The van der Waals surface area contributed by atoms with Crippen LogP contribution in [0, 0.1) is 0 Å². The molecule has 0 radical (unpaired) electrons. The molecule has 0 spiro atoms. The van der Waals surface area contributed by atoms with Gasteiger partial charge in [0.2, 0.25) is 0 Å². The molecule has 0 unspecified atom stereocenters. The highest BCUT2D eigenvalue weighted by Crippen LogP contribution is 1.80. The van der Waals surface area contributed by atoms with Crippen LogP contribution < -0.4 is 5.90 Å². The van der Waals surface area contributed by atoms with Crippen LogP contribution in [0.2, 0.25) is 0 Å². The van der Waals surface area contributed by atoms with Crippen LogP contribution in [0.1, 0.15) is 12.8 Å². The van der Waals surface area contributed by atoms with Crippen molar-refractivity contribution < 1.29 is 9.63 Å². The molecule has 0 aromatic carbocycles. The number of hydrogen-bond acceptors (Lipinski definition) is 3. The molecule has 0 aliphatic heterocycles. The van der Waals surface area contributed by atoms with Gasteiger partial charge >= 0.3 is 0 Å².